The average Bonchev–Trinajstić information content (AvgIpc) is 2.72. The lowest BCUT2D eigenvalue weighted by Crippen LogP contribution is -2.10. The minimum Gasteiger partial charge on any atom is -0.454 e. The molecule has 0 fully saturated rings. The Morgan fingerprint density at radius 3 is 2.94 bits per heavy atom. The molecule has 2 N–H and O–H groups in total. The summed E-state index contributed by atoms with van der Waals surface area (Å²) in [6.07, 6.45) is 1.39. The standard InChI is InChI=1S/C11H11ClN4O2/c1-16-10(14-6-15-16)5-18-11(17)8-3-2-7(12)4-9(8)13/h2-4,6H,5,13H2,1H3. The summed E-state index contributed by atoms with van der Waals surface area (Å²) in [7, 11) is 1.72. The van der Waals surface area contributed by atoms with Crippen LogP contribution in [0, 0.1) is 0 Å². The maximum Gasteiger partial charge on any atom is 0.340 e. The van der Waals surface area contributed by atoms with Gasteiger partial charge in [-0.05, 0) is 18.2 Å². The lowest BCUT2D eigenvalue weighted by atomic mass is 10.2. The summed E-state index contributed by atoms with van der Waals surface area (Å²) in [6, 6.07) is 4.61. The molecule has 0 saturated carbocycles. The maximum atomic E-state index is 11.8. The lowest BCUT2D eigenvalue weighted by Gasteiger charge is -2.06. The Hall–Kier alpha value is -2.08. The second-order valence-corrected chi connectivity index (χ2v) is 4.04. The Kier molecular flexibility index (Phi) is 3.47. The van der Waals surface area contributed by atoms with Gasteiger partial charge in [-0.2, -0.15) is 5.10 Å². The van der Waals surface area contributed by atoms with Gasteiger partial charge in [0, 0.05) is 17.8 Å². The molecule has 0 saturated heterocycles. The topological polar surface area (TPSA) is 83.0 Å². The smallest absolute Gasteiger partial charge is 0.340 e. The van der Waals surface area contributed by atoms with Crippen LogP contribution >= 0.6 is 11.6 Å². The third kappa shape index (κ3) is 2.60. The molecule has 0 spiro atoms. The molecule has 0 aliphatic carbocycles. The molecule has 0 bridgehead atoms. The maximum absolute atomic E-state index is 11.8. The van der Waals surface area contributed by atoms with Crippen molar-refractivity contribution in [3.8, 4) is 0 Å². The van der Waals surface area contributed by atoms with Crippen molar-refractivity contribution in [2.45, 2.75) is 6.61 Å². The van der Waals surface area contributed by atoms with Gasteiger partial charge >= 0.3 is 5.97 Å². The summed E-state index contributed by atoms with van der Waals surface area (Å²) in [6.45, 7) is 0.0391. The number of aromatic nitrogens is 3. The van der Waals surface area contributed by atoms with Crippen molar-refractivity contribution in [1.82, 2.24) is 14.8 Å². The van der Waals surface area contributed by atoms with Gasteiger partial charge in [-0.15, -0.1) is 0 Å². The van der Waals surface area contributed by atoms with Crippen molar-refractivity contribution in [2.24, 2.45) is 7.05 Å². The Morgan fingerprint density at radius 1 is 1.56 bits per heavy atom. The number of rotatable bonds is 3. The van der Waals surface area contributed by atoms with Gasteiger partial charge in [0.05, 0.1) is 5.56 Å². The molecule has 94 valence electrons. The zero-order valence-electron chi connectivity index (χ0n) is 9.63. The highest BCUT2D eigenvalue weighted by atomic mass is 35.5. The molecule has 6 nitrogen and oxygen atoms in total. The number of esters is 1. The van der Waals surface area contributed by atoms with Gasteiger partial charge in [0.15, 0.2) is 12.4 Å². The summed E-state index contributed by atoms with van der Waals surface area (Å²) < 4.78 is 6.61. The molecule has 0 aliphatic heterocycles. The molecule has 1 aromatic heterocycles. The fraction of sp³-hybridized carbons (Fsp3) is 0.182. The number of hydrogen-bond acceptors (Lipinski definition) is 5. The van der Waals surface area contributed by atoms with E-state index in [-0.39, 0.29) is 17.9 Å². The van der Waals surface area contributed by atoms with E-state index in [1.54, 1.807) is 13.1 Å². The van der Waals surface area contributed by atoms with Crippen LogP contribution in [0.4, 0.5) is 5.69 Å². The number of hydrogen-bond donors (Lipinski definition) is 1. The predicted octanol–water partition coefficient (Wildman–Crippen LogP) is 1.41. The van der Waals surface area contributed by atoms with Crippen LogP contribution in [0.3, 0.4) is 0 Å². The van der Waals surface area contributed by atoms with Crippen molar-refractivity contribution in [2.75, 3.05) is 5.73 Å². The summed E-state index contributed by atoms with van der Waals surface area (Å²) >= 11 is 5.75. The Labute approximate surface area is 108 Å². The van der Waals surface area contributed by atoms with E-state index in [2.05, 4.69) is 10.1 Å². The highest BCUT2D eigenvalue weighted by molar-refractivity contribution is 6.31. The Morgan fingerprint density at radius 2 is 2.33 bits per heavy atom. The van der Waals surface area contributed by atoms with Crippen LogP contribution in [0.5, 0.6) is 0 Å². The molecule has 0 amide bonds. The first-order chi connectivity index (χ1) is 8.58. The lowest BCUT2D eigenvalue weighted by molar-refractivity contribution is 0.0459. The first kappa shape index (κ1) is 12.4. The summed E-state index contributed by atoms with van der Waals surface area (Å²) in [4.78, 5) is 15.7. The molecule has 0 atom stereocenters. The molecular weight excluding hydrogens is 256 g/mol. The number of ether oxygens (including phenoxy) is 1. The van der Waals surface area contributed by atoms with Crippen LogP contribution in [0.1, 0.15) is 16.2 Å². The number of carbonyl (C=O) groups excluding carboxylic acids is 1. The van der Waals surface area contributed by atoms with Crippen LogP contribution in [0.2, 0.25) is 5.02 Å². The number of carbonyl (C=O) groups is 1. The van der Waals surface area contributed by atoms with Gasteiger partial charge in [0.2, 0.25) is 0 Å². The number of anilines is 1. The van der Waals surface area contributed by atoms with Crippen LogP contribution in [0.15, 0.2) is 24.5 Å². The largest absolute Gasteiger partial charge is 0.454 e. The molecule has 0 radical (unpaired) electrons. The second-order valence-electron chi connectivity index (χ2n) is 3.61. The van der Waals surface area contributed by atoms with Crippen LogP contribution < -0.4 is 5.73 Å². The first-order valence-electron chi connectivity index (χ1n) is 5.13. The first-order valence-corrected chi connectivity index (χ1v) is 5.50. The van der Waals surface area contributed by atoms with Gasteiger partial charge < -0.3 is 10.5 Å². The average molecular weight is 267 g/mol. The van der Waals surface area contributed by atoms with E-state index in [1.165, 1.54) is 23.1 Å². The fourth-order valence-corrected chi connectivity index (χ4v) is 1.56. The van der Waals surface area contributed by atoms with Crippen LogP contribution in [0.25, 0.3) is 0 Å². The summed E-state index contributed by atoms with van der Waals surface area (Å²) in [5.74, 6) is 0.0306. The monoisotopic (exact) mass is 266 g/mol. The Bertz CT molecular complexity index is 582. The van der Waals surface area contributed by atoms with E-state index < -0.39 is 5.97 Å². The third-order valence-electron chi connectivity index (χ3n) is 2.37. The van der Waals surface area contributed by atoms with Crippen molar-refractivity contribution < 1.29 is 9.53 Å². The van der Waals surface area contributed by atoms with Crippen molar-refractivity contribution >= 4 is 23.3 Å². The third-order valence-corrected chi connectivity index (χ3v) is 2.61. The minimum absolute atomic E-state index is 0.0391. The van der Waals surface area contributed by atoms with E-state index in [4.69, 9.17) is 22.1 Å². The van der Waals surface area contributed by atoms with E-state index in [0.29, 0.717) is 10.8 Å². The molecular formula is C11H11ClN4O2. The van der Waals surface area contributed by atoms with Crippen LogP contribution in [-0.4, -0.2) is 20.7 Å². The fourth-order valence-electron chi connectivity index (χ4n) is 1.38. The highest BCUT2D eigenvalue weighted by Crippen LogP contribution is 2.19. The molecule has 1 heterocycles. The molecule has 0 aliphatic rings. The predicted molar refractivity (Wildman–Crippen MR) is 66.0 cm³/mol. The van der Waals surface area contributed by atoms with Gasteiger partial charge in [0.25, 0.3) is 0 Å². The number of nitrogen functional groups attached to an aromatic ring is 1. The number of nitrogens with two attached hydrogens (primary N) is 1. The number of aryl methyl sites for hydroxylation is 1. The minimum atomic E-state index is -0.521. The van der Waals surface area contributed by atoms with E-state index in [1.807, 2.05) is 0 Å². The van der Waals surface area contributed by atoms with E-state index in [9.17, 15) is 4.79 Å². The molecule has 7 heteroatoms. The Balaban J connectivity index is 2.06. The molecule has 18 heavy (non-hydrogen) atoms. The van der Waals surface area contributed by atoms with Crippen molar-refractivity contribution in [3.05, 3.63) is 40.9 Å². The van der Waals surface area contributed by atoms with E-state index >= 15 is 0 Å². The summed E-state index contributed by atoms with van der Waals surface area (Å²) in [5, 5.41) is 4.34. The number of halogens is 1. The SMILES string of the molecule is Cn1ncnc1COC(=O)c1ccc(Cl)cc1N. The van der Waals surface area contributed by atoms with Gasteiger partial charge in [-0.1, -0.05) is 11.6 Å². The molecule has 2 aromatic rings. The van der Waals surface area contributed by atoms with E-state index in [0.717, 1.165) is 0 Å². The molecule has 0 unspecified atom stereocenters. The molecule has 2 rings (SSSR count). The van der Waals surface area contributed by atoms with Gasteiger partial charge in [0.1, 0.15) is 6.33 Å². The zero-order valence-corrected chi connectivity index (χ0v) is 10.4. The zero-order chi connectivity index (χ0) is 13.1. The molecule has 1 aromatic carbocycles. The van der Waals surface area contributed by atoms with Gasteiger partial charge in [-0.3, -0.25) is 4.68 Å². The highest BCUT2D eigenvalue weighted by Gasteiger charge is 2.12. The summed E-state index contributed by atoms with van der Waals surface area (Å²) in [5.41, 5.74) is 6.24. The van der Waals surface area contributed by atoms with Crippen molar-refractivity contribution in [1.29, 1.82) is 0 Å². The van der Waals surface area contributed by atoms with Gasteiger partial charge in [-0.25, -0.2) is 9.78 Å². The van der Waals surface area contributed by atoms with Crippen molar-refractivity contribution in [3.63, 3.8) is 0 Å². The number of benzene rings is 1. The van der Waals surface area contributed by atoms with Crippen LogP contribution in [-0.2, 0) is 18.4 Å². The number of nitrogens with zero attached hydrogens (tertiary/aromatic N) is 3. The second kappa shape index (κ2) is 5.05. The quantitative estimate of drug-likeness (QED) is 0.671. The normalized spacial score (nSPS) is 10.3.